The van der Waals surface area contributed by atoms with Crippen LogP contribution in [0.3, 0.4) is 0 Å². The minimum Gasteiger partial charge on any atom is -0.456 e. The number of anilines is 9. The molecule has 15 aromatic rings. The molecule has 7 nitrogen and oxygen atoms in total. The van der Waals surface area contributed by atoms with Gasteiger partial charge in [0.15, 0.2) is 0 Å². The maximum atomic E-state index is 6.46. The van der Waals surface area contributed by atoms with Crippen LogP contribution < -0.4 is 19.6 Å². The zero-order valence-electron chi connectivity index (χ0n) is 44.4. The number of furan rings is 3. The molecule has 0 unspecified atom stereocenters. The molecule has 0 saturated heterocycles. The number of hydrogen-bond donors (Lipinski definition) is 0. The van der Waals surface area contributed by atoms with Gasteiger partial charge in [0.25, 0.3) is 0 Å². The Morgan fingerprint density at radius 2 is 0.524 bits per heavy atom. The first-order valence-electron chi connectivity index (χ1n) is 28.1. The molecule has 0 spiro atoms. The van der Waals surface area contributed by atoms with E-state index < -0.39 is 0 Å². The van der Waals surface area contributed by atoms with Crippen LogP contribution >= 0.6 is 0 Å². The predicted octanol–water partition coefficient (Wildman–Crippen LogP) is 20.8. The number of hydrogen-bond acceptors (Lipinski definition) is 7. The Hall–Kier alpha value is -10.8. The Balaban J connectivity index is 0.754. The van der Waals surface area contributed by atoms with E-state index >= 15 is 0 Å². The molecule has 0 N–H and O–H groups in total. The molecule has 3 aromatic heterocycles. The standard InChI is InChI=1S/C75H48N4O3/c1-4-16-55-46(13-1)43-76(67-37-64-58-19-7-10-22-70(58)80-73(64)40-61(55)67)49-25-31-52(32-26-49)79(53-33-27-50(28-34-53)77-44-47-14-2-5-17-56(47)62-41-74-65(38-68(62)77)59-20-8-11-23-71(59)81-74)54-35-29-51(30-36-54)78-45-48-15-3-6-18-57(48)63-42-75-66(39-69(63)78)60-21-9-12-24-72(60)82-75/h1-42H,43-45H2. The third-order valence-corrected chi connectivity index (χ3v) is 17.5. The van der Waals surface area contributed by atoms with Gasteiger partial charge in [-0.05, 0) is 161 Å². The number of fused-ring (bicyclic) bond motifs is 18. The van der Waals surface area contributed by atoms with Crippen molar-refractivity contribution in [3.8, 4) is 33.4 Å². The van der Waals surface area contributed by atoms with Gasteiger partial charge in [-0.25, -0.2) is 0 Å². The molecule has 386 valence electrons. The van der Waals surface area contributed by atoms with Crippen molar-refractivity contribution >= 4 is 117 Å². The SMILES string of the molecule is c1ccc2c(c1)CN(c1ccc(N(c3ccc(N4Cc5ccccc5-c5cc6oc7ccccc7c6cc54)cc3)c3ccc(N4Cc5ccccc5-c5cc6oc7ccccc7c6cc54)cc3)cc1)c1cc3c(cc1-2)oc1ccccc13. The van der Waals surface area contributed by atoms with Crippen molar-refractivity contribution < 1.29 is 13.3 Å². The largest absolute Gasteiger partial charge is 0.456 e. The molecule has 7 heteroatoms. The maximum absolute atomic E-state index is 6.46. The molecule has 12 aromatic carbocycles. The van der Waals surface area contributed by atoms with E-state index in [0.29, 0.717) is 0 Å². The first kappa shape index (κ1) is 45.1. The van der Waals surface area contributed by atoms with Gasteiger partial charge >= 0.3 is 0 Å². The minimum atomic E-state index is 0.745. The second-order valence-corrected chi connectivity index (χ2v) is 22.0. The van der Waals surface area contributed by atoms with E-state index in [1.165, 1.54) is 67.1 Å². The van der Waals surface area contributed by atoms with Crippen molar-refractivity contribution in [2.24, 2.45) is 0 Å². The number of para-hydroxylation sites is 3. The Labute approximate surface area is 471 Å². The molecular formula is C75H48N4O3. The quantitative estimate of drug-likeness (QED) is 0.164. The van der Waals surface area contributed by atoms with Gasteiger partial charge in [0.2, 0.25) is 0 Å². The van der Waals surface area contributed by atoms with Gasteiger partial charge in [0, 0.05) is 103 Å². The van der Waals surface area contributed by atoms with Crippen LogP contribution in [0.5, 0.6) is 0 Å². The van der Waals surface area contributed by atoms with Crippen LogP contribution in [-0.4, -0.2) is 0 Å². The molecule has 6 heterocycles. The minimum absolute atomic E-state index is 0.745. The van der Waals surface area contributed by atoms with Crippen molar-refractivity contribution in [3.05, 3.63) is 271 Å². The fourth-order valence-electron chi connectivity index (χ4n) is 13.6. The molecule has 0 radical (unpaired) electrons. The smallest absolute Gasteiger partial charge is 0.136 e. The summed E-state index contributed by atoms with van der Waals surface area (Å²) in [5.41, 5.74) is 26.5. The molecule has 0 atom stereocenters. The molecular weight excluding hydrogens is 1000 g/mol. The van der Waals surface area contributed by atoms with Crippen LogP contribution in [0.2, 0.25) is 0 Å². The van der Waals surface area contributed by atoms with Crippen molar-refractivity contribution in [3.63, 3.8) is 0 Å². The predicted molar refractivity (Wildman–Crippen MR) is 336 cm³/mol. The Kier molecular flexibility index (Phi) is 9.56. The van der Waals surface area contributed by atoms with Crippen LogP contribution in [-0.2, 0) is 19.6 Å². The summed E-state index contributed by atoms with van der Waals surface area (Å²) in [5.74, 6) is 0. The van der Waals surface area contributed by atoms with E-state index in [9.17, 15) is 0 Å². The van der Waals surface area contributed by atoms with E-state index in [2.05, 4.69) is 256 Å². The molecule has 0 fully saturated rings. The number of rotatable bonds is 6. The van der Waals surface area contributed by atoms with Crippen LogP contribution in [0.1, 0.15) is 16.7 Å². The van der Waals surface area contributed by atoms with Gasteiger partial charge < -0.3 is 32.9 Å². The number of nitrogens with zero attached hydrogens (tertiary/aromatic N) is 4. The highest BCUT2D eigenvalue weighted by atomic mass is 16.3. The van der Waals surface area contributed by atoms with Crippen molar-refractivity contribution in [1.29, 1.82) is 0 Å². The van der Waals surface area contributed by atoms with Crippen LogP contribution in [0.15, 0.2) is 268 Å². The first-order chi connectivity index (χ1) is 40.6. The van der Waals surface area contributed by atoms with E-state index in [0.717, 1.165) is 120 Å². The summed E-state index contributed by atoms with van der Waals surface area (Å²) in [4.78, 5) is 9.76. The van der Waals surface area contributed by atoms with Gasteiger partial charge in [-0.1, -0.05) is 127 Å². The lowest BCUT2D eigenvalue weighted by molar-refractivity contribution is 0.668. The van der Waals surface area contributed by atoms with Crippen LogP contribution in [0.4, 0.5) is 51.2 Å². The van der Waals surface area contributed by atoms with Crippen LogP contribution in [0.25, 0.3) is 99.2 Å². The van der Waals surface area contributed by atoms with Gasteiger partial charge in [-0.3, -0.25) is 0 Å². The summed E-state index contributed by atoms with van der Waals surface area (Å²) in [6.45, 7) is 2.24. The lowest BCUT2D eigenvalue weighted by atomic mass is 9.91. The third-order valence-electron chi connectivity index (χ3n) is 17.5. The topological polar surface area (TPSA) is 52.4 Å². The fourth-order valence-corrected chi connectivity index (χ4v) is 13.6. The second kappa shape index (κ2) is 17.4. The van der Waals surface area contributed by atoms with Gasteiger partial charge in [0.1, 0.15) is 33.5 Å². The van der Waals surface area contributed by atoms with E-state index in [-0.39, 0.29) is 0 Å². The summed E-state index contributed by atoms with van der Waals surface area (Å²) in [6, 6.07) is 92.4. The van der Waals surface area contributed by atoms with Gasteiger partial charge in [-0.15, -0.1) is 0 Å². The second-order valence-electron chi connectivity index (χ2n) is 22.0. The highest BCUT2D eigenvalue weighted by Gasteiger charge is 2.30. The van der Waals surface area contributed by atoms with Gasteiger partial charge in [0.05, 0.1) is 17.1 Å². The summed E-state index contributed by atoms with van der Waals surface area (Å²) >= 11 is 0. The normalized spacial score (nSPS) is 13.4. The average molecular weight is 1050 g/mol. The first-order valence-corrected chi connectivity index (χ1v) is 28.1. The van der Waals surface area contributed by atoms with E-state index in [1.807, 2.05) is 18.2 Å². The molecule has 82 heavy (non-hydrogen) atoms. The Morgan fingerprint density at radius 3 is 0.841 bits per heavy atom. The van der Waals surface area contributed by atoms with Crippen molar-refractivity contribution in [2.75, 3.05) is 19.6 Å². The molecule has 0 saturated carbocycles. The lowest BCUT2D eigenvalue weighted by Crippen LogP contribution is -2.22. The molecule has 0 bridgehead atoms. The monoisotopic (exact) mass is 1050 g/mol. The van der Waals surface area contributed by atoms with Crippen molar-refractivity contribution in [1.82, 2.24) is 0 Å². The molecule has 0 aliphatic carbocycles. The molecule has 3 aliphatic heterocycles. The number of benzene rings is 12. The average Bonchev–Trinajstić information content (AvgIpc) is 4.38. The van der Waals surface area contributed by atoms with Crippen molar-refractivity contribution in [2.45, 2.75) is 19.6 Å². The summed E-state index contributed by atoms with van der Waals surface area (Å²) in [6.07, 6.45) is 0. The third kappa shape index (κ3) is 6.83. The fraction of sp³-hybridized carbons (Fsp3) is 0.0400. The Morgan fingerprint density at radius 1 is 0.244 bits per heavy atom. The maximum Gasteiger partial charge on any atom is 0.136 e. The lowest BCUT2D eigenvalue weighted by Gasteiger charge is -2.34. The molecule has 18 rings (SSSR count). The van der Waals surface area contributed by atoms with E-state index in [4.69, 9.17) is 13.3 Å². The molecule has 3 aliphatic rings. The van der Waals surface area contributed by atoms with E-state index in [1.54, 1.807) is 0 Å². The van der Waals surface area contributed by atoms with Gasteiger partial charge in [-0.2, -0.15) is 0 Å². The highest BCUT2D eigenvalue weighted by Crippen LogP contribution is 2.51. The van der Waals surface area contributed by atoms with Crippen LogP contribution in [0, 0.1) is 0 Å². The zero-order chi connectivity index (χ0) is 53.6. The zero-order valence-corrected chi connectivity index (χ0v) is 44.4. The molecule has 0 amide bonds. The summed E-state index contributed by atoms with van der Waals surface area (Å²) in [7, 11) is 0. The highest BCUT2D eigenvalue weighted by molar-refractivity contribution is 6.12. The summed E-state index contributed by atoms with van der Waals surface area (Å²) < 4.78 is 19.4. The Bertz CT molecular complexity index is 4600. The summed E-state index contributed by atoms with van der Waals surface area (Å²) in [5, 5.41) is 6.73.